The molecule has 6 heteroatoms. The second-order valence-electron chi connectivity index (χ2n) is 5.90. The molecule has 114 valence electrons. The van der Waals surface area contributed by atoms with E-state index >= 15 is 0 Å². The van der Waals surface area contributed by atoms with E-state index in [1.54, 1.807) is 12.1 Å². The predicted molar refractivity (Wildman–Crippen MR) is 77.4 cm³/mol. The number of aromatic hydroxyl groups is 1. The van der Waals surface area contributed by atoms with Crippen molar-refractivity contribution in [3.8, 4) is 5.75 Å². The fourth-order valence-electron chi connectivity index (χ4n) is 3.45. The lowest BCUT2D eigenvalue weighted by Gasteiger charge is -2.34. The molecule has 0 aromatic heterocycles. The van der Waals surface area contributed by atoms with Gasteiger partial charge in [-0.1, -0.05) is 23.7 Å². The molecule has 3 rings (SSSR count). The molecule has 0 amide bonds. The van der Waals surface area contributed by atoms with Crippen LogP contribution in [0.4, 0.5) is 0 Å². The van der Waals surface area contributed by atoms with E-state index in [4.69, 9.17) is 16.3 Å². The molecule has 2 saturated heterocycles. The molecule has 2 atom stereocenters. The molecule has 0 saturated carbocycles. The lowest BCUT2D eigenvalue weighted by atomic mass is 9.74. The molecule has 21 heavy (non-hydrogen) atoms. The number of likely N-dealkylation sites (tertiary alicyclic amines) is 1. The third-order valence-corrected chi connectivity index (χ3v) is 5.09. The minimum atomic E-state index is -0.736. The van der Waals surface area contributed by atoms with Crippen molar-refractivity contribution in [2.75, 3.05) is 26.3 Å². The van der Waals surface area contributed by atoms with E-state index in [1.165, 1.54) is 0 Å². The van der Waals surface area contributed by atoms with Crippen LogP contribution in [0.25, 0.3) is 0 Å². The summed E-state index contributed by atoms with van der Waals surface area (Å²) in [6, 6.07) is 5.14. The number of benzene rings is 1. The Kier molecular flexibility index (Phi) is 3.82. The summed E-state index contributed by atoms with van der Waals surface area (Å²) in [7, 11) is 0. The second-order valence-corrected chi connectivity index (χ2v) is 6.28. The number of hydrogen-bond donors (Lipinski definition) is 2. The van der Waals surface area contributed by atoms with Crippen LogP contribution in [-0.2, 0) is 16.1 Å². The number of halogens is 1. The average Bonchev–Trinajstić information content (AvgIpc) is 2.83. The smallest absolute Gasteiger partial charge is 0.311 e. The Hall–Kier alpha value is -1.30. The summed E-state index contributed by atoms with van der Waals surface area (Å²) in [5.41, 5.74) is 0.110. The number of phenols is 1. The maximum absolute atomic E-state index is 11.7. The SMILES string of the molecule is O=C(O)[C@]12CCOC[C@H]1CN(Cc1cccc(O)c1Cl)C2. The summed E-state index contributed by atoms with van der Waals surface area (Å²) in [6.45, 7) is 2.72. The minimum Gasteiger partial charge on any atom is -0.506 e. The van der Waals surface area contributed by atoms with Gasteiger partial charge in [0.05, 0.1) is 17.0 Å². The van der Waals surface area contributed by atoms with Gasteiger partial charge in [0.15, 0.2) is 0 Å². The van der Waals surface area contributed by atoms with Crippen LogP contribution in [0.1, 0.15) is 12.0 Å². The summed E-state index contributed by atoms with van der Waals surface area (Å²) < 4.78 is 5.44. The molecule has 0 spiro atoms. The summed E-state index contributed by atoms with van der Waals surface area (Å²) in [4.78, 5) is 13.8. The van der Waals surface area contributed by atoms with Gasteiger partial charge >= 0.3 is 5.97 Å². The van der Waals surface area contributed by atoms with E-state index in [0.717, 1.165) is 5.56 Å². The fraction of sp³-hybridized carbons (Fsp3) is 0.533. The van der Waals surface area contributed by atoms with E-state index in [-0.39, 0.29) is 11.7 Å². The summed E-state index contributed by atoms with van der Waals surface area (Å²) in [5, 5.41) is 19.6. The first kappa shape index (κ1) is 14.6. The first-order chi connectivity index (χ1) is 10.0. The van der Waals surface area contributed by atoms with Crippen molar-refractivity contribution in [3.63, 3.8) is 0 Å². The summed E-state index contributed by atoms with van der Waals surface area (Å²) in [6.07, 6.45) is 0.553. The zero-order chi connectivity index (χ0) is 15.0. The van der Waals surface area contributed by atoms with Gasteiger partial charge in [-0.3, -0.25) is 9.69 Å². The zero-order valence-electron chi connectivity index (χ0n) is 11.6. The number of ether oxygens (including phenoxy) is 1. The quantitative estimate of drug-likeness (QED) is 0.893. The second kappa shape index (κ2) is 5.48. The van der Waals surface area contributed by atoms with Gasteiger partial charge in [0.25, 0.3) is 0 Å². The Labute approximate surface area is 128 Å². The maximum atomic E-state index is 11.7. The minimum absolute atomic E-state index is 0.0137. The molecule has 0 aliphatic carbocycles. The van der Waals surface area contributed by atoms with Crippen molar-refractivity contribution < 1.29 is 19.7 Å². The van der Waals surface area contributed by atoms with E-state index in [2.05, 4.69) is 4.90 Å². The molecule has 5 nitrogen and oxygen atoms in total. The number of phenolic OH excluding ortho intramolecular Hbond substituents is 1. The van der Waals surface area contributed by atoms with Gasteiger partial charge in [0.2, 0.25) is 0 Å². The van der Waals surface area contributed by atoms with E-state index in [0.29, 0.717) is 44.3 Å². The Bertz CT molecular complexity index is 565. The Morgan fingerprint density at radius 1 is 1.52 bits per heavy atom. The normalized spacial score (nSPS) is 29.3. The van der Waals surface area contributed by atoms with Gasteiger partial charge in [-0.25, -0.2) is 0 Å². The fourth-order valence-corrected chi connectivity index (χ4v) is 3.64. The summed E-state index contributed by atoms with van der Waals surface area (Å²) >= 11 is 6.10. The molecule has 2 aliphatic rings. The number of hydrogen-bond acceptors (Lipinski definition) is 4. The Morgan fingerprint density at radius 3 is 3.05 bits per heavy atom. The third-order valence-electron chi connectivity index (χ3n) is 4.66. The van der Waals surface area contributed by atoms with Crippen LogP contribution in [0.5, 0.6) is 5.75 Å². The molecule has 2 N–H and O–H groups in total. The summed E-state index contributed by atoms with van der Waals surface area (Å²) in [5.74, 6) is -0.665. The molecule has 0 unspecified atom stereocenters. The molecule has 0 radical (unpaired) electrons. The van der Waals surface area contributed by atoms with Gasteiger partial charge < -0.3 is 14.9 Å². The number of carbonyl (C=O) groups is 1. The molecule has 1 aromatic carbocycles. The molecular formula is C15H18ClNO4. The highest BCUT2D eigenvalue weighted by atomic mass is 35.5. The highest BCUT2D eigenvalue weighted by Gasteiger charge is 2.53. The van der Waals surface area contributed by atoms with Crippen molar-refractivity contribution in [2.24, 2.45) is 11.3 Å². The Balaban J connectivity index is 1.79. The predicted octanol–water partition coefficient (Wildman–Crippen LogP) is 1.97. The van der Waals surface area contributed by atoms with Crippen LogP contribution >= 0.6 is 11.6 Å². The van der Waals surface area contributed by atoms with Crippen LogP contribution in [-0.4, -0.2) is 47.4 Å². The lowest BCUT2D eigenvalue weighted by molar-refractivity contribution is -0.157. The first-order valence-corrected chi connectivity index (χ1v) is 7.40. The zero-order valence-corrected chi connectivity index (χ0v) is 12.3. The number of rotatable bonds is 3. The number of nitrogens with zero attached hydrogens (tertiary/aromatic N) is 1. The van der Waals surface area contributed by atoms with Crippen molar-refractivity contribution in [1.29, 1.82) is 0 Å². The van der Waals surface area contributed by atoms with Crippen LogP contribution in [0.3, 0.4) is 0 Å². The van der Waals surface area contributed by atoms with Crippen LogP contribution in [0, 0.1) is 11.3 Å². The highest BCUT2D eigenvalue weighted by molar-refractivity contribution is 6.32. The van der Waals surface area contributed by atoms with Gasteiger partial charge in [0.1, 0.15) is 5.75 Å². The highest BCUT2D eigenvalue weighted by Crippen LogP contribution is 2.43. The number of aliphatic carboxylic acids is 1. The van der Waals surface area contributed by atoms with Crippen LogP contribution < -0.4 is 0 Å². The van der Waals surface area contributed by atoms with Crippen molar-refractivity contribution in [3.05, 3.63) is 28.8 Å². The van der Waals surface area contributed by atoms with Gasteiger partial charge in [-0.15, -0.1) is 0 Å². The van der Waals surface area contributed by atoms with E-state index in [9.17, 15) is 15.0 Å². The number of carboxylic acid groups (broad SMARTS) is 1. The average molecular weight is 312 g/mol. The number of carboxylic acids is 1. The standard InChI is InChI=1S/C15H18ClNO4/c16-13-10(2-1-3-12(13)18)6-17-7-11-8-21-5-4-15(11,9-17)14(19)20/h1-3,11,18H,4-9H2,(H,19,20)/t11-,15+/m1/s1. The molecular weight excluding hydrogens is 294 g/mol. The van der Waals surface area contributed by atoms with Crippen molar-refractivity contribution >= 4 is 17.6 Å². The third kappa shape index (κ3) is 2.50. The lowest BCUT2D eigenvalue weighted by Crippen LogP contribution is -2.44. The topological polar surface area (TPSA) is 70.0 Å². The number of fused-ring (bicyclic) bond motifs is 1. The molecule has 0 bridgehead atoms. The van der Waals surface area contributed by atoms with Gasteiger partial charge in [-0.05, 0) is 18.1 Å². The van der Waals surface area contributed by atoms with E-state index in [1.807, 2.05) is 6.07 Å². The van der Waals surface area contributed by atoms with Crippen LogP contribution in [0.2, 0.25) is 5.02 Å². The van der Waals surface area contributed by atoms with Crippen molar-refractivity contribution in [1.82, 2.24) is 4.90 Å². The van der Waals surface area contributed by atoms with Gasteiger partial charge in [0, 0.05) is 32.2 Å². The van der Waals surface area contributed by atoms with E-state index < -0.39 is 11.4 Å². The molecule has 2 fully saturated rings. The first-order valence-electron chi connectivity index (χ1n) is 7.03. The largest absolute Gasteiger partial charge is 0.506 e. The van der Waals surface area contributed by atoms with Crippen molar-refractivity contribution in [2.45, 2.75) is 13.0 Å². The molecule has 2 heterocycles. The molecule has 1 aromatic rings. The monoisotopic (exact) mass is 311 g/mol. The Morgan fingerprint density at radius 2 is 2.33 bits per heavy atom. The maximum Gasteiger partial charge on any atom is 0.311 e. The molecule has 2 aliphatic heterocycles. The van der Waals surface area contributed by atoms with Crippen LogP contribution in [0.15, 0.2) is 18.2 Å². The van der Waals surface area contributed by atoms with Gasteiger partial charge in [-0.2, -0.15) is 0 Å².